The van der Waals surface area contributed by atoms with Gasteiger partial charge in [-0.1, -0.05) is 53.7 Å². The molecule has 0 atom stereocenters. The minimum absolute atomic E-state index is 0. The molecule has 0 fully saturated rings. The Morgan fingerprint density at radius 1 is 1.10 bits per heavy atom. The van der Waals surface area contributed by atoms with Gasteiger partial charge in [0.15, 0.2) is 6.21 Å². The van der Waals surface area contributed by atoms with Crippen molar-refractivity contribution in [1.29, 1.82) is 0 Å². The smallest absolute Gasteiger partial charge is 0.303 e. The first-order chi connectivity index (χ1) is 13.5. The second-order valence-electron chi connectivity index (χ2n) is 6.34. The monoisotopic (exact) mass is 434 g/mol. The Kier molecular flexibility index (Phi) is 7.95. The summed E-state index contributed by atoms with van der Waals surface area (Å²) in [5.41, 5.74) is 0.914. The van der Waals surface area contributed by atoms with E-state index in [0.29, 0.717) is 12.4 Å². The molecule has 9 heteroatoms. The highest BCUT2D eigenvalue weighted by atomic mass is 35.5. The summed E-state index contributed by atoms with van der Waals surface area (Å²) in [6, 6.07) is 17.9. The summed E-state index contributed by atoms with van der Waals surface area (Å²) >= 11 is 0. The lowest BCUT2D eigenvalue weighted by molar-refractivity contribution is -0.671. The summed E-state index contributed by atoms with van der Waals surface area (Å²) in [6.07, 6.45) is 4.98. The molecule has 0 bridgehead atoms. The second kappa shape index (κ2) is 10.2. The van der Waals surface area contributed by atoms with Gasteiger partial charge in [-0.2, -0.15) is 4.31 Å². The van der Waals surface area contributed by atoms with Gasteiger partial charge in [-0.3, -0.25) is 0 Å². The molecule has 3 aromatic rings. The minimum Gasteiger partial charge on any atom is -1.00 e. The minimum atomic E-state index is -3.66. The number of hydrogen-bond donors (Lipinski definition) is 1. The zero-order valence-corrected chi connectivity index (χ0v) is 17.5. The standard InChI is InChI=1S/C20H22N4O3S.ClH/c1-22-12-13-23(20(22)16-21-25)14-15-24(17-18-8-4-2-5-9-18)28(26,27)19-10-6-3-7-11-19;/h2-13,16H,14-15,17H2,1H3;1H. The summed E-state index contributed by atoms with van der Waals surface area (Å²) in [6.45, 7) is 0.961. The van der Waals surface area contributed by atoms with Crippen molar-refractivity contribution in [2.24, 2.45) is 12.2 Å². The third kappa shape index (κ3) is 5.44. The predicted octanol–water partition coefficient (Wildman–Crippen LogP) is -0.984. The maximum atomic E-state index is 13.2. The molecule has 0 amide bonds. The van der Waals surface area contributed by atoms with Crippen LogP contribution >= 0.6 is 0 Å². The molecule has 154 valence electrons. The molecule has 0 aliphatic rings. The molecule has 0 saturated heterocycles. The van der Waals surface area contributed by atoms with E-state index in [1.807, 2.05) is 54.3 Å². The van der Waals surface area contributed by atoms with Gasteiger partial charge in [0.1, 0.15) is 18.9 Å². The first-order valence-corrected chi connectivity index (χ1v) is 10.3. The maximum absolute atomic E-state index is 13.2. The highest BCUT2D eigenvalue weighted by Crippen LogP contribution is 2.18. The first-order valence-electron chi connectivity index (χ1n) is 8.83. The number of aryl methyl sites for hydroxylation is 1. The van der Waals surface area contributed by atoms with Gasteiger partial charge >= 0.3 is 5.82 Å². The lowest BCUT2D eigenvalue weighted by Gasteiger charge is -2.22. The van der Waals surface area contributed by atoms with Gasteiger partial charge in [-0.05, 0) is 17.7 Å². The quantitative estimate of drug-likeness (QED) is 0.214. The Morgan fingerprint density at radius 3 is 2.34 bits per heavy atom. The third-order valence-electron chi connectivity index (χ3n) is 4.47. The molecule has 0 saturated carbocycles. The van der Waals surface area contributed by atoms with Gasteiger partial charge < -0.3 is 17.6 Å². The van der Waals surface area contributed by atoms with Crippen molar-refractivity contribution >= 4 is 16.2 Å². The van der Waals surface area contributed by atoms with Crippen molar-refractivity contribution in [2.75, 3.05) is 6.54 Å². The van der Waals surface area contributed by atoms with Crippen molar-refractivity contribution < 1.29 is 30.6 Å². The summed E-state index contributed by atoms with van der Waals surface area (Å²) in [5.74, 6) is 0.666. The molecule has 7 nitrogen and oxygen atoms in total. The fourth-order valence-electron chi connectivity index (χ4n) is 2.97. The first kappa shape index (κ1) is 22.6. The predicted molar refractivity (Wildman–Crippen MR) is 105 cm³/mol. The molecule has 0 radical (unpaired) electrons. The van der Waals surface area contributed by atoms with Crippen molar-refractivity contribution in [3.63, 3.8) is 0 Å². The van der Waals surface area contributed by atoms with Crippen LogP contribution in [0.15, 0.2) is 83.1 Å². The normalized spacial score (nSPS) is 11.7. The van der Waals surface area contributed by atoms with Gasteiger partial charge in [0.25, 0.3) is 0 Å². The van der Waals surface area contributed by atoms with Crippen LogP contribution in [0.25, 0.3) is 0 Å². The average molecular weight is 435 g/mol. The van der Waals surface area contributed by atoms with Gasteiger partial charge in [0.2, 0.25) is 10.0 Å². The van der Waals surface area contributed by atoms with Crippen molar-refractivity contribution in [3.8, 4) is 0 Å². The summed E-state index contributed by atoms with van der Waals surface area (Å²) in [7, 11) is -1.83. The van der Waals surface area contributed by atoms with E-state index in [9.17, 15) is 8.42 Å². The summed E-state index contributed by atoms with van der Waals surface area (Å²) in [5, 5.41) is 12.0. The van der Waals surface area contributed by atoms with Crippen LogP contribution < -0.4 is 17.0 Å². The number of sulfonamides is 1. The number of benzene rings is 2. The molecule has 0 aliphatic carbocycles. The van der Waals surface area contributed by atoms with E-state index in [1.54, 1.807) is 34.9 Å². The lowest BCUT2D eigenvalue weighted by Crippen LogP contribution is -3.00. The van der Waals surface area contributed by atoms with Crippen molar-refractivity contribution in [1.82, 2.24) is 8.87 Å². The van der Waals surface area contributed by atoms with E-state index in [-0.39, 0.29) is 30.4 Å². The van der Waals surface area contributed by atoms with Gasteiger partial charge in [0.05, 0.1) is 18.5 Å². The lowest BCUT2D eigenvalue weighted by atomic mass is 10.2. The van der Waals surface area contributed by atoms with E-state index >= 15 is 0 Å². The molecule has 3 rings (SSSR count). The molecule has 1 N–H and O–H groups in total. The van der Waals surface area contributed by atoms with Crippen LogP contribution in [-0.4, -0.2) is 35.3 Å². The van der Waals surface area contributed by atoms with Crippen LogP contribution in [0.2, 0.25) is 0 Å². The van der Waals surface area contributed by atoms with Crippen LogP contribution in [0.4, 0.5) is 0 Å². The zero-order chi connectivity index (χ0) is 20.0. The molecule has 2 aromatic carbocycles. The van der Waals surface area contributed by atoms with E-state index in [2.05, 4.69) is 5.16 Å². The van der Waals surface area contributed by atoms with Crippen LogP contribution in [0.5, 0.6) is 0 Å². The number of halogens is 1. The number of aromatic nitrogens is 2. The van der Waals surface area contributed by atoms with Gasteiger partial charge in [0, 0.05) is 6.54 Å². The van der Waals surface area contributed by atoms with E-state index in [0.717, 1.165) is 5.56 Å². The molecule has 1 aromatic heterocycles. The van der Waals surface area contributed by atoms with E-state index in [4.69, 9.17) is 5.21 Å². The van der Waals surface area contributed by atoms with Crippen molar-refractivity contribution in [3.05, 3.63) is 84.4 Å². The maximum Gasteiger partial charge on any atom is 0.303 e. The largest absolute Gasteiger partial charge is 1.00 e. The van der Waals surface area contributed by atoms with E-state index in [1.165, 1.54) is 10.5 Å². The number of hydrogen-bond acceptors (Lipinski definition) is 4. The Balaban J connectivity index is 0.00000300. The molecular formula is C20H23ClN4O3S. The SMILES string of the molecule is C[n+]1ccn(CCN(Cc2ccccc2)S(=O)(=O)c2ccccc2)c1/C=N/O.[Cl-]. The zero-order valence-electron chi connectivity index (χ0n) is 16.0. The molecule has 0 aliphatic heterocycles. The Morgan fingerprint density at radius 2 is 1.72 bits per heavy atom. The second-order valence-corrected chi connectivity index (χ2v) is 8.28. The number of nitrogens with zero attached hydrogens (tertiary/aromatic N) is 4. The number of imidazole rings is 1. The van der Waals surface area contributed by atoms with Crippen LogP contribution in [-0.2, 0) is 30.2 Å². The van der Waals surface area contributed by atoms with Crippen molar-refractivity contribution in [2.45, 2.75) is 18.0 Å². The number of rotatable bonds is 8. The third-order valence-corrected chi connectivity index (χ3v) is 6.33. The fraction of sp³-hybridized carbons (Fsp3) is 0.200. The Labute approximate surface area is 177 Å². The Hall–Kier alpha value is -2.68. The average Bonchev–Trinajstić information content (AvgIpc) is 3.06. The van der Waals surface area contributed by atoms with Crippen LogP contribution in [0.1, 0.15) is 11.4 Å². The number of oxime groups is 1. The van der Waals surface area contributed by atoms with Crippen LogP contribution in [0.3, 0.4) is 0 Å². The molecule has 29 heavy (non-hydrogen) atoms. The van der Waals surface area contributed by atoms with Gasteiger partial charge in [-0.25, -0.2) is 17.6 Å². The summed E-state index contributed by atoms with van der Waals surface area (Å²) in [4.78, 5) is 0.265. The highest BCUT2D eigenvalue weighted by molar-refractivity contribution is 7.89. The molecule has 0 spiro atoms. The topological polar surface area (TPSA) is 78.8 Å². The van der Waals surface area contributed by atoms with Gasteiger partial charge in [-0.15, -0.1) is 0 Å². The molecular weight excluding hydrogens is 412 g/mol. The Bertz CT molecular complexity index is 1040. The summed E-state index contributed by atoms with van der Waals surface area (Å²) < 4.78 is 31.6. The molecule has 1 heterocycles. The fourth-order valence-corrected chi connectivity index (χ4v) is 4.41. The highest BCUT2D eigenvalue weighted by Gasteiger charge is 2.26. The van der Waals surface area contributed by atoms with E-state index < -0.39 is 10.0 Å². The van der Waals surface area contributed by atoms with Crippen LogP contribution in [0, 0.1) is 0 Å². The molecule has 0 unspecified atom stereocenters.